The molecule has 5 nitrogen and oxygen atoms in total. The van der Waals surface area contributed by atoms with Crippen LogP contribution in [0.5, 0.6) is 11.5 Å². The molecule has 5 heteroatoms. The van der Waals surface area contributed by atoms with E-state index in [0.29, 0.717) is 28.4 Å². The largest absolute Gasteiger partial charge is 0.461 e. The summed E-state index contributed by atoms with van der Waals surface area (Å²) < 4.78 is 11.6. The lowest BCUT2D eigenvalue weighted by molar-refractivity contribution is -0.385. The highest BCUT2D eigenvalue weighted by atomic mass is 16.6. The highest BCUT2D eigenvalue weighted by Crippen LogP contribution is 2.36. The number of rotatable bonds is 2. The Labute approximate surface area is 155 Å². The number of hydrogen-bond donors (Lipinski definition) is 0. The van der Waals surface area contributed by atoms with Gasteiger partial charge >= 0.3 is 0 Å². The molecule has 1 heterocycles. The van der Waals surface area contributed by atoms with E-state index in [-0.39, 0.29) is 5.69 Å². The van der Waals surface area contributed by atoms with Gasteiger partial charge in [-0.25, -0.2) is 0 Å². The molecule has 0 amide bonds. The van der Waals surface area contributed by atoms with Crippen molar-refractivity contribution in [2.24, 2.45) is 0 Å². The normalized spacial score (nSPS) is 16.6. The first-order valence-corrected chi connectivity index (χ1v) is 8.30. The van der Waals surface area contributed by atoms with Crippen LogP contribution in [0.15, 0.2) is 91.4 Å². The Morgan fingerprint density at radius 1 is 0.926 bits per heavy atom. The van der Waals surface area contributed by atoms with Crippen molar-refractivity contribution in [3.8, 4) is 11.5 Å². The van der Waals surface area contributed by atoms with E-state index in [1.807, 2.05) is 36.4 Å². The van der Waals surface area contributed by atoms with E-state index in [1.54, 1.807) is 30.4 Å². The molecule has 27 heavy (non-hydrogen) atoms. The molecule has 0 aromatic heterocycles. The maximum atomic E-state index is 11.3. The van der Waals surface area contributed by atoms with Crippen molar-refractivity contribution in [1.82, 2.24) is 0 Å². The van der Waals surface area contributed by atoms with Gasteiger partial charge in [-0.05, 0) is 46.7 Å². The van der Waals surface area contributed by atoms with Crippen molar-refractivity contribution in [2.45, 2.75) is 0 Å². The van der Waals surface area contributed by atoms with E-state index in [1.165, 1.54) is 12.3 Å². The fourth-order valence-corrected chi connectivity index (χ4v) is 2.99. The zero-order chi connectivity index (χ0) is 18.8. The second-order valence-electron chi connectivity index (χ2n) is 6.01. The molecule has 0 spiro atoms. The summed E-state index contributed by atoms with van der Waals surface area (Å²) in [6.45, 7) is 3.93. The number of ether oxygens (including phenoxy) is 2. The number of benzene rings is 3. The first-order chi connectivity index (χ1) is 13.1. The molecule has 0 saturated carbocycles. The van der Waals surface area contributed by atoms with Gasteiger partial charge in [-0.15, -0.1) is 0 Å². The van der Waals surface area contributed by atoms with Crippen molar-refractivity contribution >= 4 is 22.0 Å². The first-order valence-electron chi connectivity index (χ1n) is 8.30. The summed E-state index contributed by atoms with van der Waals surface area (Å²) >= 11 is 0. The minimum atomic E-state index is -0.414. The molecular weight excluding hydrogens is 342 g/mol. The van der Waals surface area contributed by atoms with Crippen LogP contribution < -0.4 is 9.47 Å². The van der Waals surface area contributed by atoms with E-state index >= 15 is 0 Å². The van der Waals surface area contributed by atoms with Gasteiger partial charge in [-0.3, -0.25) is 10.1 Å². The summed E-state index contributed by atoms with van der Waals surface area (Å²) in [6.07, 6.45) is 4.83. The van der Waals surface area contributed by atoms with Gasteiger partial charge in [0.05, 0.1) is 16.7 Å². The number of fused-ring (bicyclic) bond motifs is 2. The van der Waals surface area contributed by atoms with Crippen molar-refractivity contribution in [3.05, 3.63) is 107 Å². The van der Waals surface area contributed by atoms with Crippen LogP contribution in [0.4, 0.5) is 5.69 Å². The maximum absolute atomic E-state index is 11.3. The Kier molecular flexibility index (Phi) is 4.18. The van der Waals surface area contributed by atoms with Crippen LogP contribution in [-0.4, -0.2) is 4.92 Å². The Bertz CT molecular complexity index is 1130. The van der Waals surface area contributed by atoms with Crippen molar-refractivity contribution in [3.63, 3.8) is 0 Å². The summed E-state index contributed by atoms with van der Waals surface area (Å²) in [4.78, 5) is 10.9. The van der Waals surface area contributed by atoms with Gasteiger partial charge in [0.25, 0.3) is 5.69 Å². The zero-order valence-electron chi connectivity index (χ0n) is 14.3. The average Bonchev–Trinajstić information content (AvgIpc) is 2.74. The van der Waals surface area contributed by atoms with Crippen molar-refractivity contribution in [2.75, 3.05) is 0 Å². The predicted molar refractivity (Wildman–Crippen MR) is 105 cm³/mol. The third-order valence-corrected chi connectivity index (χ3v) is 4.22. The molecule has 0 unspecified atom stereocenters. The van der Waals surface area contributed by atoms with Gasteiger partial charge in [0.1, 0.15) is 5.76 Å². The lowest BCUT2D eigenvalue weighted by atomic mass is 10.0. The number of nitro groups is 1. The van der Waals surface area contributed by atoms with Crippen molar-refractivity contribution in [1.29, 1.82) is 0 Å². The van der Waals surface area contributed by atoms with Crippen LogP contribution in [0, 0.1) is 10.1 Å². The fraction of sp³-hybridized carbons (Fsp3) is 0. The molecular formula is C22H15NO4. The standard InChI is InChI=1S/C22H15NO4/c1-15-12-18(19-8-4-5-9-20(19)23(24)25)10-11-26-21-13-16-6-2-3-7-17(16)14-22(21)27-15/h2-14H,1H2/b11-10-,18-12+. The van der Waals surface area contributed by atoms with E-state index in [4.69, 9.17) is 9.47 Å². The number of allylic oxidation sites excluding steroid dienone is 3. The Morgan fingerprint density at radius 3 is 2.33 bits per heavy atom. The number of nitro benzene ring substituents is 1. The fourth-order valence-electron chi connectivity index (χ4n) is 2.99. The van der Waals surface area contributed by atoms with Crippen LogP contribution in [0.1, 0.15) is 5.56 Å². The topological polar surface area (TPSA) is 61.6 Å². The summed E-state index contributed by atoms with van der Waals surface area (Å²) in [5.41, 5.74) is 1.04. The predicted octanol–water partition coefficient (Wildman–Crippen LogP) is 5.63. The molecule has 0 N–H and O–H groups in total. The molecule has 0 radical (unpaired) electrons. The summed E-state index contributed by atoms with van der Waals surface area (Å²) in [7, 11) is 0. The molecule has 1 aliphatic rings. The highest BCUT2D eigenvalue weighted by Gasteiger charge is 2.17. The van der Waals surface area contributed by atoms with Gasteiger partial charge in [0, 0.05) is 6.07 Å². The minimum absolute atomic E-state index is 0.00343. The summed E-state index contributed by atoms with van der Waals surface area (Å²) in [5.74, 6) is 1.43. The maximum Gasteiger partial charge on any atom is 0.277 e. The van der Waals surface area contributed by atoms with Gasteiger partial charge < -0.3 is 9.47 Å². The summed E-state index contributed by atoms with van der Waals surface area (Å²) in [5, 5.41) is 13.4. The molecule has 3 aromatic rings. The monoisotopic (exact) mass is 357 g/mol. The van der Waals surface area contributed by atoms with E-state index in [2.05, 4.69) is 6.58 Å². The smallest absolute Gasteiger partial charge is 0.277 e. The second kappa shape index (κ2) is 6.80. The third kappa shape index (κ3) is 3.30. The number of hydrogen-bond acceptors (Lipinski definition) is 4. The quantitative estimate of drug-likeness (QED) is 0.440. The van der Waals surface area contributed by atoms with Crippen LogP contribution >= 0.6 is 0 Å². The Balaban J connectivity index is 1.79. The molecule has 4 rings (SSSR count). The van der Waals surface area contributed by atoms with Crippen molar-refractivity contribution < 1.29 is 14.4 Å². The zero-order valence-corrected chi connectivity index (χ0v) is 14.3. The lowest BCUT2D eigenvalue weighted by Crippen LogP contribution is -1.96. The SMILES string of the molecule is C=C1/C=C(c2ccccc2[N+](=O)[O-])\C=C/Oc2cc3ccccc3cc2O1. The van der Waals surface area contributed by atoms with Crippen LogP contribution in [0.2, 0.25) is 0 Å². The molecule has 0 fully saturated rings. The van der Waals surface area contributed by atoms with Crippen LogP contribution in [-0.2, 0) is 0 Å². The minimum Gasteiger partial charge on any atom is -0.461 e. The average molecular weight is 357 g/mol. The molecule has 0 bridgehead atoms. The van der Waals surface area contributed by atoms with E-state index in [0.717, 1.165) is 10.8 Å². The molecule has 1 aliphatic heterocycles. The van der Waals surface area contributed by atoms with E-state index < -0.39 is 4.92 Å². The Hall–Kier alpha value is -3.86. The molecule has 132 valence electrons. The molecule has 0 atom stereocenters. The lowest BCUT2D eigenvalue weighted by Gasteiger charge is -2.11. The van der Waals surface area contributed by atoms with Gasteiger partial charge in [-0.1, -0.05) is 43.0 Å². The van der Waals surface area contributed by atoms with Crippen LogP contribution in [0.25, 0.3) is 16.3 Å². The Morgan fingerprint density at radius 2 is 1.59 bits per heavy atom. The van der Waals surface area contributed by atoms with Gasteiger partial charge in [0.2, 0.25) is 0 Å². The van der Waals surface area contributed by atoms with Crippen LogP contribution in [0.3, 0.4) is 0 Å². The van der Waals surface area contributed by atoms with Gasteiger partial charge in [-0.2, -0.15) is 0 Å². The van der Waals surface area contributed by atoms with E-state index in [9.17, 15) is 10.1 Å². The third-order valence-electron chi connectivity index (χ3n) is 4.22. The highest BCUT2D eigenvalue weighted by molar-refractivity contribution is 5.86. The van der Waals surface area contributed by atoms with Gasteiger partial charge in [0.15, 0.2) is 11.5 Å². The first kappa shape index (κ1) is 16.6. The second-order valence-corrected chi connectivity index (χ2v) is 6.01. The molecule has 0 aliphatic carbocycles. The number of para-hydroxylation sites is 1. The molecule has 3 aromatic carbocycles. The summed E-state index contributed by atoms with van der Waals surface area (Å²) in [6, 6.07) is 18.2. The molecule has 0 saturated heterocycles. The number of nitrogens with zero attached hydrogens (tertiary/aromatic N) is 1.